The molecule has 0 bridgehead atoms. The highest BCUT2D eigenvalue weighted by Crippen LogP contribution is 2.30. The topological polar surface area (TPSA) is 71.9 Å². The van der Waals surface area contributed by atoms with Gasteiger partial charge in [-0.3, -0.25) is 14.4 Å². The molecule has 0 aliphatic carbocycles. The van der Waals surface area contributed by atoms with Gasteiger partial charge in [0.25, 0.3) is 5.91 Å². The molecule has 148 valence electrons. The summed E-state index contributed by atoms with van der Waals surface area (Å²) in [6.45, 7) is 4.20. The van der Waals surface area contributed by atoms with E-state index in [4.69, 9.17) is 4.74 Å². The minimum Gasteiger partial charge on any atom is -0.371 e. The van der Waals surface area contributed by atoms with Gasteiger partial charge in [0.15, 0.2) is 0 Å². The number of aromatic nitrogens is 1. The van der Waals surface area contributed by atoms with Crippen LogP contribution in [0.4, 0.5) is 0 Å². The van der Waals surface area contributed by atoms with Gasteiger partial charge >= 0.3 is 0 Å². The van der Waals surface area contributed by atoms with Crippen molar-refractivity contribution in [3.05, 3.63) is 46.2 Å². The van der Waals surface area contributed by atoms with Crippen LogP contribution in [-0.4, -0.2) is 64.6 Å². The molecular formula is C21H25N3O4. The molecule has 0 atom stereocenters. The van der Waals surface area contributed by atoms with Crippen LogP contribution in [-0.2, 0) is 16.6 Å². The van der Waals surface area contributed by atoms with Crippen molar-refractivity contribution in [1.29, 1.82) is 0 Å². The van der Waals surface area contributed by atoms with Gasteiger partial charge in [-0.2, -0.15) is 0 Å². The second-order valence-corrected chi connectivity index (χ2v) is 7.76. The smallest absolute Gasteiger partial charge is 0.259 e. The Morgan fingerprint density at radius 2 is 1.79 bits per heavy atom. The molecule has 2 aliphatic rings. The fraction of sp³-hybridized carbons (Fsp3) is 0.476. The van der Waals surface area contributed by atoms with Gasteiger partial charge in [0.1, 0.15) is 5.56 Å². The van der Waals surface area contributed by atoms with Crippen molar-refractivity contribution < 1.29 is 14.3 Å². The number of likely N-dealkylation sites (tertiary alicyclic amines) is 1. The Kier molecular flexibility index (Phi) is 4.71. The van der Waals surface area contributed by atoms with E-state index in [9.17, 15) is 14.4 Å². The quantitative estimate of drug-likeness (QED) is 0.746. The van der Waals surface area contributed by atoms with Crippen molar-refractivity contribution in [3.8, 4) is 0 Å². The molecule has 2 amide bonds. The lowest BCUT2D eigenvalue weighted by atomic mass is 9.89. The largest absolute Gasteiger partial charge is 0.371 e. The number of piperidine rings is 1. The summed E-state index contributed by atoms with van der Waals surface area (Å²) in [5, 5.41) is 0.550. The summed E-state index contributed by atoms with van der Waals surface area (Å²) in [7, 11) is 1.84. The normalized spacial score (nSPS) is 19.2. The number of ether oxygens (including phenoxy) is 1. The van der Waals surface area contributed by atoms with Gasteiger partial charge in [-0.05, 0) is 25.0 Å². The Bertz CT molecular complexity index is 989. The van der Waals surface area contributed by atoms with Crippen molar-refractivity contribution >= 4 is 22.7 Å². The number of hydrogen-bond donors (Lipinski definition) is 0. The van der Waals surface area contributed by atoms with Crippen LogP contribution in [0, 0.1) is 0 Å². The third-order valence-corrected chi connectivity index (χ3v) is 5.98. The highest BCUT2D eigenvalue weighted by molar-refractivity contribution is 5.97. The molecule has 0 radical (unpaired) electrons. The number of carbonyl (C=O) groups excluding carboxylic acids is 2. The molecule has 0 N–H and O–H groups in total. The summed E-state index contributed by atoms with van der Waals surface area (Å²) >= 11 is 0. The first-order valence-corrected chi connectivity index (χ1v) is 9.67. The molecule has 1 aromatic heterocycles. The third-order valence-electron chi connectivity index (χ3n) is 5.98. The summed E-state index contributed by atoms with van der Waals surface area (Å²) in [5.41, 5.74) is 0.339. The van der Waals surface area contributed by atoms with Gasteiger partial charge in [0, 0.05) is 45.2 Å². The fourth-order valence-electron chi connectivity index (χ4n) is 4.31. The Hall–Kier alpha value is -2.67. The number of morpholine rings is 1. The van der Waals surface area contributed by atoms with Gasteiger partial charge in [0.05, 0.1) is 24.3 Å². The van der Waals surface area contributed by atoms with Gasteiger partial charge in [-0.1, -0.05) is 12.1 Å². The first-order chi connectivity index (χ1) is 13.4. The SMILES string of the molecule is CC(=O)N1CCC2(CC1)CN(C(=O)c1cn(C)c3ccccc3c1=O)CCO2. The average molecular weight is 383 g/mol. The van der Waals surface area contributed by atoms with Crippen molar-refractivity contribution in [1.82, 2.24) is 14.4 Å². The van der Waals surface area contributed by atoms with Crippen LogP contribution < -0.4 is 5.43 Å². The molecule has 4 rings (SSSR count). The number of aryl methyl sites for hydroxylation is 1. The average Bonchev–Trinajstić information content (AvgIpc) is 2.70. The molecule has 7 heteroatoms. The second-order valence-electron chi connectivity index (χ2n) is 7.76. The van der Waals surface area contributed by atoms with Gasteiger partial charge in [-0.25, -0.2) is 0 Å². The maximum atomic E-state index is 13.2. The lowest BCUT2D eigenvalue weighted by Crippen LogP contribution is -2.58. The number of para-hydroxylation sites is 1. The van der Waals surface area contributed by atoms with E-state index in [1.165, 1.54) is 0 Å². The Morgan fingerprint density at radius 3 is 2.50 bits per heavy atom. The third kappa shape index (κ3) is 3.20. The summed E-state index contributed by atoms with van der Waals surface area (Å²) < 4.78 is 7.88. The van der Waals surface area contributed by atoms with E-state index >= 15 is 0 Å². The zero-order chi connectivity index (χ0) is 19.9. The Morgan fingerprint density at radius 1 is 1.07 bits per heavy atom. The van der Waals surface area contributed by atoms with Crippen molar-refractivity contribution in [2.75, 3.05) is 32.8 Å². The minimum absolute atomic E-state index is 0.0678. The van der Waals surface area contributed by atoms with Crippen molar-refractivity contribution in [2.45, 2.75) is 25.4 Å². The number of fused-ring (bicyclic) bond motifs is 1. The molecule has 0 unspecified atom stereocenters. The van der Waals surface area contributed by atoms with Crippen LogP contribution in [0.2, 0.25) is 0 Å². The van der Waals surface area contributed by atoms with Gasteiger partial charge in [-0.15, -0.1) is 0 Å². The maximum Gasteiger partial charge on any atom is 0.259 e. The molecule has 7 nitrogen and oxygen atoms in total. The number of rotatable bonds is 1. The van der Waals surface area contributed by atoms with Crippen LogP contribution >= 0.6 is 0 Å². The van der Waals surface area contributed by atoms with Gasteiger partial charge in [0.2, 0.25) is 11.3 Å². The predicted octanol–water partition coefficient (Wildman–Crippen LogP) is 1.39. The number of benzene rings is 1. The number of hydrogen-bond acceptors (Lipinski definition) is 4. The maximum absolute atomic E-state index is 13.2. The van der Waals surface area contributed by atoms with Crippen LogP contribution in [0.5, 0.6) is 0 Å². The first kappa shape index (κ1) is 18.7. The summed E-state index contributed by atoms with van der Waals surface area (Å²) in [6, 6.07) is 7.32. The molecule has 0 saturated carbocycles. The lowest BCUT2D eigenvalue weighted by Gasteiger charge is -2.47. The van der Waals surface area contributed by atoms with E-state index in [1.54, 1.807) is 24.1 Å². The molecule has 2 fully saturated rings. The lowest BCUT2D eigenvalue weighted by molar-refractivity contribution is -0.145. The standard InChI is InChI=1S/C21H25N3O4/c1-15(25)23-9-7-21(8-10-23)14-24(11-12-28-21)20(27)17-13-22(2)18-6-4-3-5-16(18)19(17)26/h3-6,13H,7-12,14H2,1-2H3. The molecule has 1 aromatic carbocycles. The summed E-state index contributed by atoms with van der Waals surface area (Å²) in [4.78, 5) is 41.3. The summed E-state index contributed by atoms with van der Waals surface area (Å²) in [6.07, 6.45) is 3.03. The molecular weight excluding hydrogens is 358 g/mol. The number of carbonyl (C=O) groups is 2. The number of pyridine rings is 1. The van der Waals surface area contributed by atoms with Crippen LogP contribution in [0.3, 0.4) is 0 Å². The van der Waals surface area contributed by atoms with E-state index in [0.717, 1.165) is 5.52 Å². The van der Waals surface area contributed by atoms with Crippen LogP contribution in [0.25, 0.3) is 10.9 Å². The van der Waals surface area contributed by atoms with E-state index in [-0.39, 0.29) is 22.8 Å². The predicted molar refractivity (Wildman–Crippen MR) is 105 cm³/mol. The van der Waals surface area contributed by atoms with Crippen molar-refractivity contribution in [3.63, 3.8) is 0 Å². The molecule has 2 aliphatic heterocycles. The zero-order valence-electron chi connectivity index (χ0n) is 16.3. The molecule has 3 heterocycles. The monoisotopic (exact) mass is 383 g/mol. The van der Waals surface area contributed by atoms with E-state index in [2.05, 4.69) is 0 Å². The highest BCUT2D eigenvalue weighted by atomic mass is 16.5. The zero-order valence-corrected chi connectivity index (χ0v) is 16.3. The number of nitrogens with zero attached hydrogens (tertiary/aromatic N) is 3. The van der Waals surface area contributed by atoms with Crippen LogP contribution in [0.1, 0.15) is 30.1 Å². The van der Waals surface area contributed by atoms with Crippen molar-refractivity contribution in [2.24, 2.45) is 7.05 Å². The van der Waals surface area contributed by atoms with E-state index in [0.29, 0.717) is 51.0 Å². The molecule has 28 heavy (non-hydrogen) atoms. The summed E-state index contributed by atoms with van der Waals surface area (Å²) in [5.74, 6) is -0.179. The Labute approximate surface area is 163 Å². The van der Waals surface area contributed by atoms with Gasteiger partial charge < -0.3 is 19.1 Å². The molecule has 1 spiro atoms. The number of amides is 2. The van der Waals surface area contributed by atoms with E-state index in [1.807, 2.05) is 34.7 Å². The fourth-order valence-corrected chi connectivity index (χ4v) is 4.31. The molecule has 2 saturated heterocycles. The van der Waals surface area contributed by atoms with Crippen LogP contribution in [0.15, 0.2) is 35.3 Å². The molecule has 2 aromatic rings. The van der Waals surface area contributed by atoms with E-state index < -0.39 is 5.60 Å². The first-order valence-electron chi connectivity index (χ1n) is 9.67. The second kappa shape index (κ2) is 7.05. The highest BCUT2D eigenvalue weighted by Gasteiger charge is 2.41. The minimum atomic E-state index is -0.429. The Balaban J connectivity index is 1.59.